The Morgan fingerprint density at radius 3 is 2.47 bits per heavy atom. The summed E-state index contributed by atoms with van der Waals surface area (Å²) >= 11 is 0. The highest BCUT2D eigenvalue weighted by molar-refractivity contribution is 5.27. The molecule has 1 aromatic rings. The molecule has 0 saturated carbocycles. The van der Waals surface area contributed by atoms with Crippen molar-refractivity contribution in [1.29, 1.82) is 0 Å². The summed E-state index contributed by atoms with van der Waals surface area (Å²) in [5.41, 5.74) is 0.775. The molecule has 1 rings (SSSR count). The molecule has 0 aliphatic heterocycles. The van der Waals surface area contributed by atoms with Crippen LogP contribution in [-0.2, 0) is 6.61 Å². The van der Waals surface area contributed by atoms with Crippen LogP contribution in [0.2, 0.25) is 0 Å². The minimum atomic E-state index is -0.261. The number of aliphatic hydroxyl groups is 3. The fourth-order valence-corrected chi connectivity index (χ4v) is 1.11. The van der Waals surface area contributed by atoms with Crippen LogP contribution < -0.4 is 4.74 Å². The maximum atomic E-state index is 8.90. The summed E-state index contributed by atoms with van der Waals surface area (Å²) in [6, 6.07) is 7.08. The molecule has 0 fully saturated rings. The molecule has 0 atom stereocenters. The number of aliphatic hydroxyl groups excluding tert-OH is 3. The highest BCUT2D eigenvalue weighted by Crippen LogP contribution is 2.14. The number of rotatable bonds is 6. The SMILES string of the molecule is OCc1cccc(OCC(CO)CO)c1. The van der Waals surface area contributed by atoms with Crippen LogP contribution in [0.25, 0.3) is 0 Å². The second-order valence-electron chi connectivity index (χ2n) is 3.35. The van der Waals surface area contributed by atoms with Crippen LogP contribution in [0.4, 0.5) is 0 Å². The molecule has 84 valence electrons. The van der Waals surface area contributed by atoms with Crippen LogP contribution in [0.15, 0.2) is 24.3 Å². The van der Waals surface area contributed by atoms with E-state index in [9.17, 15) is 0 Å². The van der Waals surface area contributed by atoms with Gasteiger partial charge in [0.1, 0.15) is 5.75 Å². The Balaban J connectivity index is 2.49. The number of hydrogen-bond donors (Lipinski definition) is 3. The molecule has 0 unspecified atom stereocenters. The molecule has 15 heavy (non-hydrogen) atoms. The lowest BCUT2D eigenvalue weighted by Crippen LogP contribution is -2.19. The Bertz CT molecular complexity index is 284. The highest BCUT2D eigenvalue weighted by Gasteiger charge is 2.06. The van der Waals surface area contributed by atoms with E-state index in [2.05, 4.69) is 0 Å². The molecule has 0 bridgehead atoms. The van der Waals surface area contributed by atoms with E-state index >= 15 is 0 Å². The summed E-state index contributed by atoms with van der Waals surface area (Å²) in [6.07, 6.45) is 0. The van der Waals surface area contributed by atoms with Gasteiger partial charge >= 0.3 is 0 Å². The van der Waals surface area contributed by atoms with Crippen LogP contribution in [0, 0.1) is 5.92 Å². The third kappa shape index (κ3) is 3.87. The third-order valence-electron chi connectivity index (χ3n) is 2.08. The van der Waals surface area contributed by atoms with E-state index in [0.29, 0.717) is 5.75 Å². The molecule has 0 aromatic heterocycles. The smallest absolute Gasteiger partial charge is 0.119 e. The normalized spacial score (nSPS) is 10.7. The summed E-state index contributed by atoms with van der Waals surface area (Å²) in [5.74, 6) is 0.372. The second kappa shape index (κ2) is 6.40. The van der Waals surface area contributed by atoms with Crippen molar-refractivity contribution in [1.82, 2.24) is 0 Å². The maximum Gasteiger partial charge on any atom is 0.119 e. The topological polar surface area (TPSA) is 69.9 Å². The van der Waals surface area contributed by atoms with E-state index in [0.717, 1.165) is 5.56 Å². The number of benzene rings is 1. The lowest BCUT2D eigenvalue weighted by atomic mass is 10.2. The summed E-state index contributed by atoms with van der Waals surface area (Å²) in [4.78, 5) is 0. The summed E-state index contributed by atoms with van der Waals surface area (Å²) in [5, 5.41) is 26.5. The third-order valence-corrected chi connectivity index (χ3v) is 2.08. The zero-order chi connectivity index (χ0) is 11.1. The lowest BCUT2D eigenvalue weighted by molar-refractivity contribution is 0.106. The van der Waals surface area contributed by atoms with Gasteiger partial charge < -0.3 is 20.1 Å². The van der Waals surface area contributed by atoms with Crippen molar-refractivity contribution >= 4 is 0 Å². The van der Waals surface area contributed by atoms with Crippen molar-refractivity contribution in [2.75, 3.05) is 19.8 Å². The largest absolute Gasteiger partial charge is 0.493 e. The first kappa shape index (κ1) is 12.0. The van der Waals surface area contributed by atoms with Crippen molar-refractivity contribution in [3.05, 3.63) is 29.8 Å². The van der Waals surface area contributed by atoms with Gasteiger partial charge in [0.05, 0.1) is 26.4 Å². The van der Waals surface area contributed by atoms with Gasteiger partial charge in [-0.25, -0.2) is 0 Å². The van der Waals surface area contributed by atoms with Gasteiger partial charge in [0, 0.05) is 5.92 Å². The van der Waals surface area contributed by atoms with E-state index in [1.807, 2.05) is 0 Å². The van der Waals surface area contributed by atoms with Crippen molar-refractivity contribution in [2.24, 2.45) is 5.92 Å². The van der Waals surface area contributed by atoms with Crippen LogP contribution in [0.3, 0.4) is 0 Å². The first-order valence-electron chi connectivity index (χ1n) is 4.84. The highest BCUT2D eigenvalue weighted by atomic mass is 16.5. The fourth-order valence-electron chi connectivity index (χ4n) is 1.11. The first-order valence-corrected chi connectivity index (χ1v) is 4.84. The van der Waals surface area contributed by atoms with Crippen LogP contribution >= 0.6 is 0 Å². The van der Waals surface area contributed by atoms with Gasteiger partial charge in [-0.05, 0) is 17.7 Å². The molecule has 1 aromatic carbocycles. The Morgan fingerprint density at radius 1 is 1.13 bits per heavy atom. The van der Waals surface area contributed by atoms with Gasteiger partial charge in [-0.1, -0.05) is 12.1 Å². The molecule has 0 aliphatic rings. The van der Waals surface area contributed by atoms with E-state index in [1.54, 1.807) is 24.3 Å². The quantitative estimate of drug-likeness (QED) is 0.628. The lowest BCUT2D eigenvalue weighted by Gasteiger charge is -2.12. The molecule has 4 heteroatoms. The van der Waals surface area contributed by atoms with Gasteiger partial charge in [0.25, 0.3) is 0 Å². The van der Waals surface area contributed by atoms with E-state index in [1.165, 1.54) is 0 Å². The minimum Gasteiger partial charge on any atom is -0.493 e. The van der Waals surface area contributed by atoms with Crippen LogP contribution in [0.5, 0.6) is 5.75 Å². The van der Waals surface area contributed by atoms with Gasteiger partial charge in [-0.2, -0.15) is 0 Å². The fraction of sp³-hybridized carbons (Fsp3) is 0.455. The Morgan fingerprint density at radius 2 is 1.87 bits per heavy atom. The Hall–Kier alpha value is -1.10. The van der Waals surface area contributed by atoms with Crippen LogP contribution in [-0.4, -0.2) is 35.1 Å². The Kier molecular flexibility index (Phi) is 5.10. The first-order chi connectivity index (χ1) is 7.30. The molecular formula is C11H16O4. The molecule has 3 N–H and O–H groups in total. The van der Waals surface area contributed by atoms with Crippen LogP contribution in [0.1, 0.15) is 5.56 Å². The van der Waals surface area contributed by atoms with Gasteiger partial charge in [0.2, 0.25) is 0 Å². The standard InChI is InChI=1S/C11H16O4/c12-5-9-2-1-3-11(4-9)15-8-10(6-13)7-14/h1-4,10,12-14H,5-8H2. The van der Waals surface area contributed by atoms with E-state index in [4.69, 9.17) is 20.1 Å². The monoisotopic (exact) mass is 212 g/mol. The average molecular weight is 212 g/mol. The maximum absolute atomic E-state index is 8.90. The van der Waals surface area contributed by atoms with Crippen molar-refractivity contribution in [2.45, 2.75) is 6.61 Å². The minimum absolute atomic E-state index is 0.0272. The summed E-state index contributed by atoms with van der Waals surface area (Å²) < 4.78 is 5.36. The van der Waals surface area contributed by atoms with Crippen molar-refractivity contribution < 1.29 is 20.1 Å². The zero-order valence-electron chi connectivity index (χ0n) is 8.47. The molecule has 0 spiro atoms. The predicted molar refractivity (Wildman–Crippen MR) is 55.5 cm³/mol. The van der Waals surface area contributed by atoms with Gasteiger partial charge in [-0.15, -0.1) is 0 Å². The average Bonchev–Trinajstić information content (AvgIpc) is 2.31. The summed E-state index contributed by atoms with van der Waals surface area (Å²) in [7, 11) is 0. The zero-order valence-corrected chi connectivity index (χ0v) is 8.47. The van der Waals surface area contributed by atoms with Gasteiger partial charge in [0.15, 0.2) is 0 Å². The Labute approximate surface area is 88.8 Å². The molecule has 4 nitrogen and oxygen atoms in total. The molecular weight excluding hydrogens is 196 g/mol. The number of ether oxygens (including phenoxy) is 1. The molecule has 0 amide bonds. The number of hydrogen-bond acceptors (Lipinski definition) is 4. The second-order valence-corrected chi connectivity index (χ2v) is 3.35. The molecule has 0 radical (unpaired) electrons. The van der Waals surface area contributed by atoms with Crippen molar-refractivity contribution in [3.63, 3.8) is 0 Å². The van der Waals surface area contributed by atoms with Crippen molar-refractivity contribution in [3.8, 4) is 5.75 Å². The molecule has 0 saturated heterocycles. The molecule has 0 heterocycles. The van der Waals surface area contributed by atoms with Gasteiger partial charge in [-0.3, -0.25) is 0 Å². The van der Waals surface area contributed by atoms with E-state index < -0.39 is 0 Å². The molecule has 0 aliphatic carbocycles. The van der Waals surface area contributed by atoms with E-state index in [-0.39, 0.29) is 32.3 Å². The predicted octanol–water partition coefficient (Wildman–Crippen LogP) is 0.158. The summed E-state index contributed by atoms with van der Waals surface area (Å²) in [6.45, 7) is 0.0366.